The number of nitrogens with one attached hydrogen (secondary N) is 1. The molecule has 2 N–H and O–H groups in total. The Kier molecular flexibility index (Phi) is 5.92. The van der Waals surface area contributed by atoms with Crippen molar-refractivity contribution in [2.45, 2.75) is 26.2 Å². The van der Waals surface area contributed by atoms with Crippen molar-refractivity contribution in [1.82, 2.24) is 15.1 Å². The molecule has 0 saturated carbocycles. The molecule has 114 valence electrons. The fourth-order valence-corrected chi connectivity index (χ4v) is 2.04. The summed E-state index contributed by atoms with van der Waals surface area (Å²) in [5.74, 6) is 0. The average molecular weight is 289 g/mol. The minimum atomic E-state index is -0.509. The summed E-state index contributed by atoms with van der Waals surface area (Å²) in [6.07, 6.45) is 1.34. The molecule has 0 aliphatic heterocycles. The number of hydrogen-bond acceptors (Lipinski definition) is 4. The lowest BCUT2D eigenvalue weighted by Gasteiger charge is -2.12. The smallest absolute Gasteiger partial charge is 0.0897 e. The topological polar surface area (TPSA) is 59.3 Å². The van der Waals surface area contributed by atoms with Gasteiger partial charge >= 0.3 is 0 Å². The lowest BCUT2D eigenvalue weighted by atomic mass is 10.2. The van der Waals surface area contributed by atoms with E-state index in [-0.39, 0.29) is 0 Å². The van der Waals surface area contributed by atoms with E-state index in [4.69, 9.17) is 4.74 Å². The van der Waals surface area contributed by atoms with Gasteiger partial charge in [-0.3, -0.25) is 4.68 Å². The molecule has 0 amide bonds. The molecule has 1 aromatic heterocycles. The SMILES string of the molecule is Cc1c(CNCC(O)COCc2ccccc2)cnn1C. The van der Waals surface area contributed by atoms with Crippen LogP contribution in [0.1, 0.15) is 16.8 Å². The van der Waals surface area contributed by atoms with E-state index in [1.807, 2.05) is 55.2 Å². The summed E-state index contributed by atoms with van der Waals surface area (Å²) < 4.78 is 7.35. The highest BCUT2D eigenvalue weighted by Crippen LogP contribution is 2.05. The summed E-state index contributed by atoms with van der Waals surface area (Å²) in [5, 5.41) is 17.3. The Morgan fingerprint density at radius 2 is 2.10 bits per heavy atom. The highest BCUT2D eigenvalue weighted by molar-refractivity contribution is 5.15. The molecule has 1 unspecified atom stereocenters. The van der Waals surface area contributed by atoms with Crippen molar-refractivity contribution < 1.29 is 9.84 Å². The second-order valence-corrected chi connectivity index (χ2v) is 5.16. The van der Waals surface area contributed by atoms with Crippen molar-refractivity contribution >= 4 is 0 Å². The van der Waals surface area contributed by atoms with Crippen LogP contribution in [0.2, 0.25) is 0 Å². The molecular formula is C16H23N3O2. The third kappa shape index (κ3) is 4.97. The zero-order valence-electron chi connectivity index (χ0n) is 12.6. The van der Waals surface area contributed by atoms with Gasteiger partial charge in [0, 0.05) is 31.4 Å². The summed E-state index contributed by atoms with van der Waals surface area (Å²) in [6.45, 7) is 4.09. The number of ether oxygens (including phenoxy) is 1. The lowest BCUT2D eigenvalue weighted by Crippen LogP contribution is -2.30. The van der Waals surface area contributed by atoms with E-state index >= 15 is 0 Å². The summed E-state index contributed by atoms with van der Waals surface area (Å²) in [4.78, 5) is 0. The van der Waals surface area contributed by atoms with Gasteiger partial charge in [-0.05, 0) is 12.5 Å². The Hall–Kier alpha value is -1.69. The minimum Gasteiger partial charge on any atom is -0.389 e. The van der Waals surface area contributed by atoms with Crippen LogP contribution in [0.5, 0.6) is 0 Å². The molecule has 0 fully saturated rings. The van der Waals surface area contributed by atoms with E-state index in [1.165, 1.54) is 0 Å². The van der Waals surface area contributed by atoms with Gasteiger partial charge in [-0.25, -0.2) is 0 Å². The van der Waals surface area contributed by atoms with Crippen molar-refractivity contribution in [2.24, 2.45) is 7.05 Å². The zero-order valence-corrected chi connectivity index (χ0v) is 12.6. The van der Waals surface area contributed by atoms with E-state index in [0.717, 1.165) is 16.8 Å². The van der Waals surface area contributed by atoms with Gasteiger partial charge in [0.1, 0.15) is 0 Å². The van der Waals surface area contributed by atoms with E-state index in [2.05, 4.69) is 10.4 Å². The van der Waals surface area contributed by atoms with Gasteiger partial charge in [0.05, 0.1) is 25.5 Å². The van der Waals surface area contributed by atoms with Crippen LogP contribution in [0.15, 0.2) is 36.5 Å². The van der Waals surface area contributed by atoms with Gasteiger partial charge in [-0.15, -0.1) is 0 Å². The molecule has 0 saturated heterocycles. The summed E-state index contributed by atoms with van der Waals surface area (Å²) in [7, 11) is 1.92. The average Bonchev–Trinajstić information content (AvgIpc) is 2.80. The number of aromatic nitrogens is 2. The first-order valence-electron chi connectivity index (χ1n) is 7.14. The molecule has 1 aromatic carbocycles. The molecule has 5 heteroatoms. The second kappa shape index (κ2) is 7.93. The molecule has 0 aliphatic carbocycles. The number of nitrogens with zero attached hydrogens (tertiary/aromatic N) is 2. The summed E-state index contributed by atoms with van der Waals surface area (Å²) in [5.41, 5.74) is 3.40. The molecule has 1 atom stereocenters. The quantitative estimate of drug-likeness (QED) is 0.771. The maximum atomic E-state index is 9.87. The van der Waals surface area contributed by atoms with Crippen molar-refractivity contribution in [3.63, 3.8) is 0 Å². The molecule has 0 radical (unpaired) electrons. The fourth-order valence-electron chi connectivity index (χ4n) is 2.04. The third-order valence-corrected chi connectivity index (χ3v) is 3.45. The zero-order chi connectivity index (χ0) is 15.1. The van der Waals surface area contributed by atoms with Crippen LogP contribution in [-0.4, -0.2) is 34.1 Å². The molecule has 2 aromatic rings. The van der Waals surface area contributed by atoms with Gasteiger partial charge in [-0.2, -0.15) is 5.10 Å². The van der Waals surface area contributed by atoms with E-state index in [0.29, 0.717) is 26.3 Å². The first-order valence-corrected chi connectivity index (χ1v) is 7.14. The Bertz CT molecular complexity index is 540. The van der Waals surface area contributed by atoms with E-state index in [9.17, 15) is 5.11 Å². The minimum absolute atomic E-state index is 0.327. The second-order valence-electron chi connectivity index (χ2n) is 5.16. The maximum Gasteiger partial charge on any atom is 0.0897 e. The predicted octanol–water partition coefficient (Wildman–Crippen LogP) is 1.40. The van der Waals surface area contributed by atoms with Gasteiger partial charge in [0.15, 0.2) is 0 Å². The first-order chi connectivity index (χ1) is 10.2. The number of hydrogen-bond donors (Lipinski definition) is 2. The standard InChI is InChI=1S/C16H23N3O2/c1-13-15(9-18-19(13)2)8-17-10-16(20)12-21-11-14-6-4-3-5-7-14/h3-7,9,16-17,20H,8,10-12H2,1-2H3. The van der Waals surface area contributed by atoms with Crippen LogP contribution >= 0.6 is 0 Å². The highest BCUT2D eigenvalue weighted by atomic mass is 16.5. The number of aryl methyl sites for hydroxylation is 1. The lowest BCUT2D eigenvalue weighted by molar-refractivity contribution is 0.0287. The predicted molar refractivity (Wildman–Crippen MR) is 81.8 cm³/mol. The number of rotatable bonds is 8. The number of aliphatic hydroxyl groups is 1. The number of aliphatic hydroxyl groups excluding tert-OH is 1. The van der Waals surface area contributed by atoms with Crippen LogP contribution in [0.4, 0.5) is 0 Å². The van der Waals surface area contributed by atoms with Crippen LogP contribution in [0, 0.1) is 6.92 Å². The van der Waals surface area contributed by atoms with Crippen molar-refractivity contribution in [3.8, 4) is 0 Å². The molecule has 0 aliphatic rings. The van der Waals surface area contributed by atoms with Crippen LogP contribution in [-0.2, 0) is 24.9 Å². The summed E-state index contributed by atoms with van der Waals surface area (Å²) in [6, 6.07) is 9.95. The largest absolute Gasteiger partial charge is 0.389 e. The molecule has 1 heterocycles. The van der Waals surface area contributed by atoms with Gasteiger partial charge < -0.3 is 15.2 Å². The Morgan fingerprint density at radius 3 is 2.76 bits per heavy atom. The Labute approximate surface area is 125 Å². The van der Waals surface area contributed by atoms with Crippen molar-refractivity contribution in [1.29, 1.82) is 0 Å². The molecule has 2 rings (SSSR count). The maximum absolute atomic E-state index is 9.87. The number of benzene rings is 1. The molecule has 0 bridgehead atoms. The van der Waals surface area contributed by atoms with E-state index in [1.54, 1.807) is 0 Å². The molecule has 21 heavy (non-hydrogen) atoms. The normalized spacial score (nSPS) is 12.5. The first kappa shape index (κ1) is 15.7. The summed E-state index contributed by atoms with van der Waals surface area (Å²) >= 11 is 0. The van der Waals surface area contributed by atoms with Crippen LogP contribution < -0.4 is 5.32 Å². The monoisotopic (exact) mass is 289 g/mol. The van der Waals surface area contributed by atoms with Crippen molar-refractivity contribution in [2.75, 3.05) is 13.2 Å². The third-order valence-electron chi connectivity index (χ3n) is 3.45. The van der Waals surface area contributed by atoms with Gasteiger partial charge in [0.2, 0.25) is 0 Å². The van der Waals surface area contributed by atoms with Crippen LogP contribution in [0.3, 0.4) is 0 Å². The van der Waals surface area contributed by atoms with E-state index < -0.39 is 6.10 Å². The Balaban J connectivity index is 1.61. The highest BCUT2D eigenvalue weighted by Gasteiger charge is 2.06. The Morgan fingerprint density at radius 1 is 1.33 bits per heavy atom. The molecular weight excluding hydrogens is 266 g/mol. The fraction of sp³-hybridized carbons (Fsp3) is 0.438. The molecule has 0 spiro atoms. The van der Waals surface area contributed by atoms with Crippen LogP contribution in [0.25, 0.3) is 0 Å². The van der Waals surface area contributed by atoms with Gasteiger partial charge in [-0.1, -0.05) is 30.3 Å². The van der Waals surface area contributed by atoms with Gasteiger partial charge in [0.25, 0.3) is 0 Å². The van der Waals surface area contributed by atoms with Crippen molar-refractivity contribution in [3.05, 3.63) is 53.3 Å². The molecule has 5 nitrogen and oxygen atoms in total.